The number of para-hydroxylation sites is 1. The molecule has 0 heterocycles. The fourth-order valence-corrected chi connectivity index (χ4v) is 1.93. The number of nitrogens with one attached hydrogen (secondary N) is 2. The van der Waals surface area contributed by atoms with Crippen molar-refractivity contribution in [3.8, 4) is 0 Å². The summed E-state index contributed by atoms with van der Waals surface area (Å²) in [6, 6.07) is 17.0. The summed E-state index contributed by atoms with van der Waals surface area (Å²) >= 11 is 0. The largest absolute Gasteiger partial charge is 0.326 e. The Bertz CT molecular complexity index is 696. The highest BCUT2D eigenvalue weighted by molar-refractivity contribution is 5.93. The summed E-state index contributed by atoms with van der Waals surface area (Å²) in [5.74, 6) is -0.487. The molecular formula is C18H19N3O2. The number of hydrogen-bond donors (Lipinski definition) is 2. The molecule has 5 nitrogen and oxygen atoms in total. The third kappa shape index (κ3) is 5.74. The third-order valence-electron chi connectivity index (χ3n) is 3.20. The SMILES string of the molecule is Cc1ccccc1NC(=O)CCC(=O)N/N=C/c1ccccc1. The molecule has 0 unspecified atom stereocenters. The maximum absolute atomic E-state index is 11.8. The summed E-state index contributed by atoms with van der Waals surface area (Å²) in [4.78, 5) is 23.5. The number of hydrogen-bond acceptors (Lipinski definition) is 3. The fourth-order valence-electron chi connectivity index (χ4n) is 1.93. The summed E-state index contributed by atoms with van der Waals surface area (Å²) in [5.41, 5.74) is 5.05. The second-order valence-corrected chi connectivity index (χ2v) is 5.07. The van der Waals surface area contributed by atoms with Crippen LogP contribution in [0.4, 0.5) is 5.69 Å². The van der Waals surface area contributed by atoms with Crippen LogP contribution in [0.25, 0.3) is 0 Å². The van der Waals surface area contributed by atoms with Crippen molar-refractivity contribution in [2.45, 2.75) is 19.8 Å². The van der Waals surface area contributed by atoms with Crippen LogP contribution in [-0.4, -0.2) is 18.0 Å². The second kappa shape index (κ2) is 8.48. The van der Waals surface area contributed by atoms with Gasteiger partial charge in [0.05, 0.1) is 6.21 Å². The first-order valence-electron chi connectivity index (χ1n) is 7.37. The molecule has 0 radical (unpaired) electrons. The molecule has 0 spiro atoms. The molecule has 0 bridgehead atoms. The van der Waals surface area contributed by atoms with Crippen LogP contribution < -0.4 is 10.7 Å². The van der Waals surface area contributed by atoms with E-state index in [1.54, 1.807) is 6.21 Å². The number of rotatable bonds is 6. The van der Waals surface area contributed by atoms with E-state index in [0.29, 0.717) is 0 Å². The monoisotopic (exact) mass is 309 g/mol. The minimum absolute atomic E-state index is 0.0871. The van der Waals surface area contributed by atoms with Crippen LogP contribution in [0, 0.1) is 6.92 Å². The van der Waals surface area contributed by atoms with Gasteiger partial charge in [-0.05, 0) is 24.1 Å². The Balaban J connectivity index is 1.73. The van der Waals surface area contributed by atoms with E-state index >= 15 is 0 Å². The van der Waals surface area contributed by atoms with E-state index in [0.717, 1.165) is 16.8 Å². The minimum Gasteiger partial charge on any atom is -0.326 e. The fraction of sp³-hybridized carbons (Fsp3) is 0.167. The smallest absolute Gasteiger partial charge is 0.240 e. The summed E-state index contributed by atoms with van der Waals surface area (Å²) in [6.07, 6.45) is 1.76. The van der Waals surface area contributed by atoms with Crippen LogP contribution in [0.3, 0.4) is 0 Å². The Labute approximate surface area is 135 Å². The molecule has 0 aliphatic rings. The lowest BCUT2D eigenvalue weighted by molar-refractivity contribution is -0.124. The zero-order chi connectivity index (χ0) is 16.5. The molecule has 0 aliphatic carbocycles. The molecule has 0 aliphatic heterocycles. The van der Waals surface area contributed by atoms with E-state index in [1.807, 2.05) is 61.5 Å². The molecule has 0 saturated heterocycles. The quantitative estimate of drug-likeness (QED) is 0.636. The molecular weight excluding hydrogens is 290 g/mol. The molecule has 0 aromatic heterocycles. The van der Waals surface area contributed by atoms with Gasteiger partial charge in [-0.3, -0.25) is 9.59 Å². The number of hydrazone groups is 1. The Kier molecular flexibility index (Phi) is 6.06. The standard InChI is InChI=1S/C18H19N3O2/c1-14-7-5-6-10-16(14)20-17(22)11-12-18(23)21-19-13-15-8-3-2-4-9-15/h2-10,13H,11-12H2,1H3,(H,20,22)(H,21,23)/b19-13+. The number of amides is 2. The number of anilines is 1. The van der Waals surface area contributed by atoms with Crippen molar-refractivity contribution in [2.24, 2.45) is 5.10 Å². The lowest BCUT2D eigenvalue weighted by Gasteiger charge is -2.07. The van der Waals surface area contributed by atoms with E-state index in [2.05, 4.69) is 15.8 Å². The van der Waals surface area contributed by atoms with Crippen LogP contribution in [0.5, 0.6) is 0 Å². The molecule has 0 atom stereocenters. The van der Waals surface area contributed by atoms with Gasteiger partial charge in [0.25, 0.3) is 0 Å². The molecule has 0 saturated carbocycles. The van der Waals surface area contributed by atoms with Crippen molar-refractivity contribution in [1.29, 1.82) is 0 Å². The lowest BCUT2D eigenvalue weighted by atomic mass is 10.2. The van der Waals surface area contributed by atoms with Crippen LogP contribution in [0.1, 0.15) is 24.0 Å². The van der Waals surface area contributed by atoms with Crippen molar-refractivity contribution in [3.05, 3.63) is 65.7 Å². The van der Waals surface area contributed by atoms with E-state index in [9.17, 15) is 9.59 Å². The van der Waals surface area contributed by atoms with E-state index < -0.39 is 0 Å². The molecule has 2 N–H and O–H groups in total. The topological polar surface area (TPSA) is 70.6 Å². The molecule has 23 heavy (non-hydrogen) atoms. The summed E-state index contributed by atoms with van der Waals surface area (Å²) in [6.45, 7) is 1.92. The van der Waals surface area contributed by atoms with Crippen LogP contribution in [0.15, 0.2) is 59.7 Å². The summed E-state index contributed by atoms with van der Waals surface area (Å²) in [5, 5.41) is 6.65. The van der Waals surface area contributed by atoms with Gasteiger partial charge in [-0.2, -0.15) is 5.10 Å². The maximum Gasteiger partial charge on any atom is 0.240 e. The van der Waals surface area contributed by atoms with Crippen molar-refractivity contribution in [2.75, 3.05) is 5.32 Å². The van der Waals surface area contributed by atoms with Gasteiger partial charge in [0.15, 0.2) is 0 Å². The molecule has 2 aromatic rings. The molecule has 2 amide bonds. The maximum atomic E-state index is 11.8. The number of aryl methyl sites for hydroxylation is 1. The molecule has 5 heteroatoms. The number of carbonyl (C=O) groups is 2. The first-order chi connectivity index (χ1) is 11.1. The molecule has 2 rings (SSSR count). The predicted octanol–water partition coefficient (Wildman–Crippen LogP) is 2.86. The Hall–Kier alpha value is -2.95. The van der Waals surface area contributed by atoms with Crippen molar-refractivity contribution < 1.29 is 9.59 Å². The van der Waals surface area contributed by atoms with Gasteiger partial charge in [-0.1, -0.05) is 48.5 Å². The van der Waals surface area contributed by atoms with E-state index in [1.165, 1.54) is 0 Å². The number of nitrogens with zero attached hydrogens (tertiary/aromatic N) is 1. The average molecular weight is 309 g/mol. The lowest BCUT2D eigenvalue weighted by Crippen LogP contribution is -2.20. The van der Waals surface area contributed by atoms with Gasteiger partial charge >= 0.3 is 0 Å². The highest BCUT2D eigenvalue weighted by atomic mass is 16.2. The first kappa shape index (κ1) is 16.4. The van der Waals surface area contributed by atoms with Gasteiger partial charge in [0.1, 0.15) is 0 Å². The summed E-state index contributed by atoms with van der Waals surface area (Å²) < 4.78 is 0. The minimum atomic E-state index is -0.294. The van der Waals surface area contributed by atoms with Crippen molar-refractivity contribution in [3.63, 3.8) is 0 Å². The van der Waals surface area contributed by atoms with Crippen LogP contribution in [0.2, 0.25) is 0 Å². The first-order valence-corrected chi connectivity index (χ1v) is 7.37. The average Bonchev–Trinajstić information content (AvgIpc) is 2.56. The van der Waals surface area contributed by atoms with Gasteiger partial charge in [-0.15, -0.1) is 0 Å². The molecule has 0 fully saturated rings. The summed E-state index contributed by atoms with van der Waals surface area (Å²) in [7, 11) is 0. The van der Waals surface area contributed by atoms with Crippen LogP contribution in [-0.2, 0) is 9.59 Å². The zero-order valence-corrected chi connectivity index (χ0v) is 13.0. The zero-order valence-electron chi connectivity index (χ0n) is 13.0. The van der Waals surface area contributed by atoms with Gasteiger partial charge in [-0.25, -0.2) is 5.43 Å². The Morgan fingerprint density at radius 2 is 1.61 bits per heavy atom. The van der Waals surface area contributed by atoms with Crippen molar-refractivity contribution in [1.82, 2.24) is 5.43 Å². The molecule has 2 aromatic carbocycles. The Morgan fingerprint density at radius 1 is 0.957 bits per heavy atom. The normalized spacial score (nSPS) is 10.5. The van der Waals surface area contributed by atoms with E-state index in [4.69, 9.17) is 0 Å². The number of carbonyl (C=O) groups excluding carboxylic acids is 2. The van der Waals surface area contributed by atoms with Gasteiger partial charge in [0, 0.05) is 18.5 Å². The van der Waals surface area contributed by atoms with Gasteiger partial charge in [0.2, 0.25) is 11.8 Å². The third-order valence-corrected chi connectivity index (χ3v) is 3.20. The van der Waals surface area contributed by atoms with Gasteiger partial charge < -0.3 is 5.32 Å². The second-order valence-electron chi connectivity index (χ2n) is 5.07. The van der Waals surface area contributed by atoms with Crippen molar-refractivity contribution >= 4 is 23.7 Å². The highest BCUT2D eigenvalue weighted by Gasteiger charge is 2.07. The predicted molar refractivity (Wildman–Crippen MR) is 91.2 cm³/mol. The van der Waals surface area contributed by atoms with E-state index in [-0.39, 0.29) is 24.7 Å². The number of benzene rings is 2. The highest BCUT2D eigenvalue weighted by Crippen LogP contribution is 2.13. The molecule has 118 valence electrons. The Morgan fingerprint density at radius 3 is 2.35 bits per heavy atom. The van der Waals surface area contributed by atoms with Crippen LogP contribution >= 0.6 is 0 Å².